The number of carbonyl (C=O) groups excluding carboxylic acids is 1. The number of carbonyl (C=O) groups is 1. The number of sulfone groups is 1. The van der Waals surface area contributed by atoms with E-state index < -0.39 is 15.6 Å². The molecule has 1 heterocycles. The second-order valence-electron chi connectivity index (χ2n) is 7.80. The normalized spacial score (nSPS) is 14.1. The molecule has 0 saturated carbocycles. The van der Waals surface area contributed by atoms with E-state index in [1.165, 1.54) is 12.3 Å². The van der Waals surface area contributed by atoms with Crippen LogP contribution in [0.2, 0.25) is 0 Å². The zero-order chi connectivity index (χ0) is 23.5. The van der Waals surface area contributed by atoms with E-state index in [9.17, 15) is 13.2 Å². The van der Waals surface area contributed by atoms with Gasteiger partial charge in [0.15, 0.2) is 0 Å². The second-order valence-corrected chi connectivity index (χ2v) is 9.68. The number of allylic oxidation sites excluding steroid dienone is 1. The van der Waals surface area contributed by atoms with Gasteiger partial charge in [-0.05, 0) is 42.0 Å². The van der Waals surface area contributed by atoms with Gasteiger partial charge >= 0.3 is 0 Å². The summed E-state index contributed by atoms with van der Waals surface area (Å²) in [5.41, 5.74) is 2.59. The van der Waals surface area contributed by atoms with Gasteiger partial charge in [0.25, 0.3) is 0 Å². The highest BCUT2D eigenvalue weighted by molar-refractivity contribution is 7.96. The van der Waals surface area contributed by atoms with Crippen LogP contribution in [0.15, 0.2) is 125 Å². The molecule has 0 bridgehead atoms. The summed E-state index contributed by atoms with van der Waals surface area (Å²) in [4.78, 5) is 14.7. The first-order valence-corrected chi connectivity index (χ1v) is 12.2. The molecule has 1 aliphatic rings. The van der Waals surface area contributed by atoms with E-state index in [1.807, 2.05) is 54.6 Å². The highest BCUT2D eigenvalue weighted by Crippen LogP contribution is 2.40. The zero-order valence-corrected chi connectivity index (χ0v) is 19.0. The lowest BCUT2D eigenvalue weighted by Crippen LogP contribution is -2.25. The Hall–Kier alpha value is -4.16. The van der Waals surface area contributed by atoms with Gasteiger partial charge in [-0.3, -0.25) is 4.79 Å². The van der Waals surface area contributed by atoms with E-state index in [0.717, 1.165) is 5.56 Å². The van der Waals surface area contributed by atoms with E-state index in [-0.39, 0.29) is 9.80 Å². The summed E-state index contributed by atoms with van der Waals surface area (Å²) in [6.07, 6.45) is 1.41. The number of para-hydroxylation sites is 1. The Morgan fingerprint density at radius 3 is 2.06 bits per heavy atom. The summed E-state index contributed by atoms with van der Waals surface area (Å²) in [5, 5.41) is 0. The minimum Gasteiger partial charge on any atom is -0.489 e. The first-order valence-electron chi connectivity index (χ1n) is 10.8. The van der Waals surface area contributed by atoms with Crippen LogP contribution in [0.5, 0.6) is 5.75 Å². The molecule has 5 rings (SSSR count). The summed E-state index contributed by atoms with van der Waals surface area (Å²) >= 11 is 0. The number of benzene rings is 4. The molecule has 4 aromatic carbocycles. The van der Waals surface area contributed by atoms with Crippen molar-refractivity contribution in [2.24, 2.45) is 0 Å². The van der Waals surface area contributed by atoms with E-state index in [0.29, 0.717) is 29.3 Å². The third-order valence-electron chi connectivity index (χ3n) is 5.57. The fourth-order valence-electron chi connectivity index (χ4n) is 3.83. The monoisotopic (exact) mass is 467 g/mol. The minimum atomic E-state index is -3.97. The first-order chi connectivity index (χ1) is 16.5. The third kappa shape index (κ3) is 4.11. The molecule has 0 radical (unpaired) electrons. The molecule has 0 aliphatic carbocycles. The Kier molecular flexibility index (Phi) is 5.74. The molecule has 0 N–H and O–H groups in total. The van der Waals surface area contributed by atoms with Crippen molar-refractivity contribution in [2.45, 2.75) is 11.5 Å². The maximum Gasteiger partial charge on any atom is 0.214 e. The van der Waals surface area contributed by atoms with Crippen molar-refractivity contribution in [2.75, 3.05) is 4.90 Å². The van der Waals surface area contributed by atoms with Crippen molar-refractivity contribution in [3.05, 3.63) is 131 Å². The zero-order valence-electron chi connectivity index (χ0n) is 18.2. The molecule has 1 aliphatic heterocycles. The molecule has 4 aromatic rings. The predicted octanol–water partition coefficient (Wildman–Crippen LogP) is 5.92. The molecule has 0 saturated heterocycles. The average Bonchev–Trinajstić information content (AvgIpc) is 2.89. The van der Waals surface area contributed by atoms with Crippen LogP contribution in [-0.2, 0) is 16.4 Å². The maximum absolute atomic E-state index is 13.3. The highest BCUT2D eigenvalue weighted by Gasteiger charge is 2.35. The summed E-state index contributed by atoms with van der Waals surface area (Å²) in [6.45, 7) is 0.445. The van der Waals surface area contributed by atoms with Crippen LogP contribution in [0.1, 0.15) is 15.9 Å². The molecule has 5 nitrogen and oxygen atoms in total. The predicted molar refractivity (Wildman–Crippen MR) is 132 cm³/mol. The first kappa shape index (κ1) is 21.7. The molecule has 0 aromatic heterocycles. The molecule has 6 heteroatoms. The maximum atomic E-state index is 13.3. The van der Waals surface area contributed by atoms with E-state index in [2.05, 4.69) is 0 Å². The average molecular weight is 468 g/mol. The van der Waals surface area contributed by atoms with Crippen molar-refractivity contribution in [1.29, 1.82) is 0 Å². The topological polar surface area (TPSA) is 63.7 Å². The van der Waals surface area contributed by atoms with Crippen molar-refractivity contribution in [3.63, 3.8) is 0 Å². The Bertz CT molecular complexity index is 1460. The summed E-state index contributed by atoms with van der Waals surface area (Å²) in [6, 6.07) is 32.3. The standard InChI is InChI=1S/C28H21NO4S/c30-28(22-11-5-2-6-12-22)27-19-29(25-13-7-8-14-26(25)34(27,31)32)23-15-17-24(18-16-23)33-20-21-9-3-1-4-10-21/h1-19H,20H2. The summed E-state index contributed by atoms with van der Waals surface area (Å²) < 4.78 is 32.5. The Labute approximate surface area is 198 Å². The van der Waals surface area contributed by atoms with Gasteiger partial charge in [-0.15, -0.1) is 0 Å². The SMILES string of the molecule is O=C(C1=CN(c2ccc(OCc3ccccc3)cc2)c2ccccc2S1(=O)=O)c1ccccc1. The van der Waals surface area contributed by atoms with Crippen LogP contribution in [0.3, 0.4) is 0 Å². The van der Waals surface area contributed by atoms with Gasteiger partial charge in [-0.1, -0.05) is 72.8 Å². The largest absolute Gasteiger partial charge is 0.489 e. The molecule has 0 spiro atoms. The Balaban J connectivity index is 1.50. The fourth-order valence-corrected chi connectivity index (χ4v) is 5.37. The number of hydrogen-bond acceptors (Lipinski definition) is 5. The molecule has 0 amide bonds. The van der Waals surface area contributed by atoms with Gasteiger partial charge in [0.2, 0.25) is 15.6 Å². The molecular weight excluding hydrogens is 446 g/mol. The smallest absolute Gasteiger partial charge is 0.214 e. The summed E-state index contributed by atoms with van der Waals surface area (Å²) in [5.74, 6) is 0.151. The van der Waals surface area contributed by atoms with Crippen LogP contribution in [-0.4, -0.2) is 14.2 Å². The molecule has 0 fully saturated rings. The molecule has 0 atom stereocenters. The van der Waals surface area contributed by atoms with E-state index >= 15 is 0 Å². The Morgan fingerprint density at radius 2 is 1.35 bits per heavy atom. The van der Waals surface area contributed by atoms with Gasteiger partial charge in [0.05, 0.1) is 10.6 Å². The fraction of sp³-hybridized carbons (Fsp3) is 0.0357. The van der Waals surface area contributed by atoms with Gasteiger partial charge in [0, 0.05) is 17.5 Å². The minimum absolute atomic E-state index is 0.0983. The van der Waals surface area contributed by atoms with Crippen LogP contribution in [0.4, 0.5) is 11.4 Å². The van der Waals surface area contributed by atoms with Crippen LogP contribution >= 0.6 is 0 Å². The van der Waals surface area contributed by atoms with Crippen molar-refractivity contribution in [3.8, 4) is 5.75 Å². The quantitative estimate of drug-likeness (QED) is 0.330. The Morgan fingerprint density at radius 1 is 0.735 bits per heavy atom. The lowest BCUT2D eigenvalue weighted by Gasteiger charge is -2.29. The van der Waals surface area contributed by atoms with Gasteiger partial charge in [-0.25, -0.2) is 8.42 Å². The van der Waals surface area contributed by atoms with E-state index in [4.69, 9.17) is 4.74 Å². The van der Waals surface area contributed by atoms with Gasteiger partial charge in [0.1, 0.15) is 17.3 Å². The van der Waals surface area contributed by atoms with E-state index in [1.54, 1.807) is 53.4 Å². The number of ether oxygens (including phenoxy) is 1. The second kappa shape index (κ2) is 9.00. The van der Waals surface area contributed by atoms with Crippen molar-refractivity contribution < 1.29 is 17.9 Å². The molecule has 0 unspecified atom stereocenters. The summed E-state index contributed by atoms with van der Waals surface area (Å²) in [7, 11) is -3.97. The highest BCUT2D eigenvalue weighted by atomic mass is 32.2. The number of hydrogen-bond donors (Lipinski definition) is 0. The molecular formula is C28H21NO4S. The number of rotatable bonds is 6. The molecule has 34 heavy (non-hydrogen) atoms. The number of anilines is 2. The number of ketones is 1. The number of fused-ring (bicyclic) bond motifs is 1. The van der Waals surface area contributed by atoms with Crippen LogP contribution < -0.4 is 9.64 Å². The van der Waals surface area contributed by atoms with Gasteiger partial charge in [-0.2, -0.15) is 0 Å². The van der Waals surface area contributed by atoms with Crippen LogP contribution in [0, 0.1) is 0 Å². The number of Topliss-reactive ketones (excluding diaryl/α,β-unsaturated/α-hetero) is 1. The van der Waals surface area contributed by atoms with Crippen molar-refractivity contribution in [1.82, 2.24) is 0 Å². The number of nitrogens with zero attached hydrogens (tertiary/aromatic N) is 1. The van der Waals surface area contributed by atoms with Gasteiger partial charge < -0.3 is 9.64 Å². The lowest BCUT2D eigenvalue weighted by atomic mass is 10.1. The van der Waals surface area contributed by atoms with Crippen LogP contribution in [0.25, 0.3) is 0 Å². The molecule has 168 valence electrons. The third-order valence-corrected chi connectivity index (χ3v) is 7.37. The lowest BCUT2D eigenvalue weighted by molar-refractivity contribution is 0.104. The van der Waals surface area contributed by atoms with Crippen molar-refractivity contribution >= 4 is 27.0 Å².